The molecule has 0 unspecified atom stereocenters. The number of fused-ring (bicyclic) bond motifs is 2. The summed E-state index contributed by atoms with van der Waals surface area (Å²) in [6, 6.07) is 15.7. The van der Waals surface area contributed by atoms with E-state index < -0.39 is 21.7 Å². The fourth-order valence-corrected chi connectivity index (χ4v) is 5.32. The predicted octanol–water partition coefficient (Wildman–Crippen LogP) is 3.77. The van der Waals surface area contributed by atoms with Gasteiger partial charge in [-0.25, -0.2) is 17.1 Å². The molecule has 0 aliphatic carbocycles. The molecule has 0 radical (unpaired) electrons. The van der Waals surface area contributed by atoms with E-state index in [0.29, 0.717) is 29.1 Å². The summed E-state index contributed by atoms with van der Waals surface area (Å²) in [5, 5.41) is 5.57. The first-order valence-corrected chi connectivity index (χ1v) is 12.6. The van der Waals surface area contributed by atoms with Crippen LogP contribution < -0.4 is 10.6 Å². The molecule has 0 saturated heterocycles. The van der Waals surface area contributed by atoms with Crippen LogP contribution in [0.3, 0.4) is 0 Å². The van der Waals surface area contributed by atoms with E-state index in [-0.39, 0.29) is 21.3 Å². The maximum absolute atomic E-state index is 14.2. The number of amides is 2. The van der Waals surface area contributed by atoms with Crippen LogP contribution in [0, 0.1) is 5.82 Å². The summed E-state index contributed by atoms with van der Waals surface area (Å²) in [5.74, 6) is -1.22. The lowest BCUT2D eigenvalue weighted by Gasteiger charge is -2.12. The molecule has 0 spiro atoms. The fraction of sp³-hybridized carbons (Fsp3) is 0.167. The molecule has 2 N–H and O–H groups in total. The summed E-state index contributed by atoms with van der Waals surface area (Å²) < 4.78 is 39.7. The summed E-state index contributed by atoms with van der Waals surface area (Å²) in [6.45, 7) is 0.341. The monoisotopic (exact) mass is 499 g/mol. The molecule has 0 atom stereocenters. The van der Waals surface area contributed by atoms with Crippen LogP contribution in [0.1, 0.15) is 26.3 Å². The van der Waals surface area contributed by atoms with E-state index in [2.05, 4.69) is 10.6 Å². The molecular weight excluding hydrogens is 477 g/mol. The molecule has 0 bridgehead atoms. The van der Waals surface area contributed by atoms with Crippen molar-refractivity contribution in [1.29, 1.82) is 0 Å². The SMILES string of the molecule is CN(C)S(=O)(=O)c1ccc(CCNC(=O)c2ccc3c(c2)NC(=O)c2cccc(F)c2S3)cc1. The molecule has 1 heterocycles. The Morgan fingerprint density at radius 1 is 1.09 bits per heavy atom. The first-order valence-electron chi connectivity index (χ1n) is 10.4. The molecule has 2 amide bonds. The van der Waals surface area contributed by atoms with Gasteiger partial charge in [0.05, 0.1) is 21.0 Å². The van der Waals surface area contributed by atoms with Gasteiger partial charge in [0.2, 0.25) is 10.0 Å². The first kappa shape index (κ1) is 23.9. The summed E-state index contributed by atoms with van der Waals surface area (Å²) in [5.41, 5.74) is 1.93. The van der Waals surface area contributed by atoms with Crippen molar-refractivity contribution in [3.8, 4) is 0 Å². The lowest BCUT2D eigenvalue weighted by atomic mass is 10.1. The van der Waals surface area contributed by atoms with Gasteiger partial charge in [-0.2, -0.15) is 0 Å². The largest absolute Gasteiger partial charge is 0.352 e. The van der Waals surface area contributed by atoms with Crippen LogP contribution in [0.25, 0.3) is 0 Å². The first-order chi connectivity index (χ1) is 16.2. The van der Waals surface area contributed by atoms with Crippen molar-refractivity contribution >= 4 is 39.3 Å². The minimum Gasteiger partial charge on any atom is -0.352 e. The van der Waals surface area contributed by atoms with Crippen molar-refractivity contribution in [2.45, 2.75) is 21.1 Å². The molecule has 0 saturated carbocycles. The Kier molecular flexibility index (Phi) is 6.74. The Labute approximate surface area is 201 Å². The normalized spacial score (nSPS) is 13.0. The number of nitrogens with one attached hydrogen (secondary N) is 2. The van der Waals surface area contributed by atoms with E-state index in [4.69, 9.17) is 0 Å². The van der Waals surface area contributed by atoms with E-state index in [9.17, 15) is 22.4 Å². The zero-order chi connectivity index (χ0) is 24.5. The number of carbonyl (C=O) groups is 2. The zero-order valence-electron chi connectivity index (χ0n) is 18.5. The van der Waals surface area contributed by atoms with Gasteiger partial charge < -0.3 is 10.6 Å². The minimum absolute atomic E-state index is 0.206. The second-order valence-corrected chi connectivity index (χ2v) is 11.0. The number of carbonyl (C=O) groups excluding carboxylic acids is 2. The molecule has 0 aromatic heterocycles. The van der Waals surface area contributed by atoms with Gasteiger partial charge >= 0.3 is 0 Å². The van der Waals surface area contributed by atoms with Crippen LogP contribution in [0.4, 0.5) is 10.1 Å². The third-order valence-corrected chi connectivity index (χ3v) is 8.34. The van der Waals surface area contributed by atoms with E-state index >= 15 is 0 Å². The average molecular weight is 500 g/mol. The quantitative estimate of drug-likeness (QED) is 0.539. The molecule has 34 heavy (non-hydrogen) atoms. The Balaban J connectivity index is 1.41. The van der Waals surface area contributed by atoms with Gasteiger partial charge in [-0.1, -0.05) is 30.0 Å². The number of rotatable bonds is 6. The molecule has 7 nitrogen and oxygen atoms in total. The van der Waals surface area contributed by atoms with Crippen molar-refractivity contribution in [2.75, 3.05) is 26.0 Å². The Morgan fingerprint density at radius 2 is 1.82 bits per heavy atom. The number of nitrogens with zero attached hydrogens (tertiary/aromatic N) is 1. The molecule has 3 aromatic carbocycles. The van der Waals surface area contributed by atoms with Gasteiger partial charge in [0.1, 0.15) is 5.82 Å². The van der Waals surface area contributed by atoms with Gasteiger partial charge in [-0.05, 0) is 54.4 Å². The van der Waals surface area contributed by atoms with Crippen LogP contribution >= 0.6 is 11.8 Å². The smallest absolute Gasteiger partial charge is 0.256 e. The highest BCUT2D eigenvalue weighted by Crippen LogP contribution is 2.40. The number of hydrogen-bond donors (Lipinski definition) is 2. The van der Waals surface area contributed by atoms with Gasteiger partial charge in [0, 0.05) is 31.1 Å². The molecule has 10 heteroatoms. The highest BCUT2D eigenvalue weighted by Gasteiger charge is 2.23. The molecule has 4 rings (SSSR count). The van der Waals surface area contributed by atoms with Crippen LogP contribution in [0.15, 0.2) is 75.4 Å². The fourth-order valence-electron chi connectivity index (χ4n) is 3.41. The summed E-state index contributed by atoms with van der Waals surface area (Å²) in [6.07, 6.45) is 0.514. The van der Waals surface area contributed by atoms with Crippen molar-refractivity contribution < 1.29 is 22.4 Å². The van der Waals surface area contributed by atoms with Crippen molar-refractivity contribution in [3.05, 3.63) is 83.2 Å². The number of sulfonamides is 1. The molecule has 3 aromatic rings. The molecular formula is C24H22FN3O4S2. The Morgan fingerprint density at radius 3 is 2.53 bits per heavy atom. The lowest BCUT2D eigenvalue weighted by Crippen LogP contribution is -2.26. The molecule has 1 aliphatic rings. The standard InChI is InChI=1S/C24H22FN3O4S2/c1-28(2)34(31,32)17-9-6-15(7-10-17)12-13-26-23(29)16-8-11-21-20(14-16)27-24(30)18-4-3-5-19(25)22(18)33-21/h3-11,14H,12-13H2,1-2H3,(H,26,29)(H,27,30). The van der Waals surface area contributed by atoms with Crippen molar-refractivity contribution in [3.63, 3.8) is 0 Å². The van der Waals surface area contributed by atoms with E-state index in [0.717, 1.165) is 21.6 Å². The van der Waals surface area contributed by atoms with Crippen LogP contribution in [0.5, 0.6) is 0 Å². The van der Waals surface area contributed by atoms with E-state index in [1.54, 1.807) is 48.5 Å². The Hall–Kier alpha value is -3.21. The third kappa shape index (κ3) is 4.84. The highest BCUT2D eigenvalue weighted by molar-refractivity contribution is 7.99. The van der Waals surface area contributed by atoms with Crippen LogP contribution in [0.2, 0.25) is 0 Å². The lowest BCUT2D eigenvalue weighted by molar-refractivity contribution is 0.0952. The maximum atomic E-state index is 14.2. The minimum atomic E-state index is -3.49. The third-order valence-electron chi connectivity index (χ3n) is 5.31. The topological polar surface area (TPSA) is 95.6 Å². The predicted molar refractivity (Wildman–Crippen MR) is 128 cm³/mol. The number of benzene rings is 3. The van der Waals surface area contributed by atoms with Gasteiger partial charge in [-0.3, -0.25) is 9.59 Å². The highest BCUT2D eigenvalue weighted by atomic mass is 32.2. The second kappa shape index (κ2) is 9.57. The number of halogens is 1. The van der Waals surface area contributed by atoms with Gasteiger partial charge in [0.25, 0.3) is 11.8 Å². The second-order valence-electron chi connectivity index (χ2n) is 7.82. The molecule has 1 aliphatic heterocycles. The van der Waals surface area contributed by atoms with Gasteiger partial charge in [-0.15, -0.1) is 0 Å². The summed E-state index contributed by atoms with van der Waals surface area (Å²) in [4.78, 5) is 26.3. The number of anilines is 1. The van der Waals surface area contributed by atoms with Crippen LogP contribution in [-0.2, 0) is 16.4 Å². The maximum Gasteiger partial charge on any atom is 0.256 e. The average Bonchev–Trinajstić information content (AvgIpc) is 2.95. The molecule has 0 fully saturated rings. The number of hydrogen-bond acceptors (Lipinski definition) is 5. The van der Waals surface area contributed by atoms with Crippen molar-refractivity contribution in [1.82, 2.24) is 9.62 Å². The van der Waals surface area contributed by atoms with Crippen molar-refractivity contribution in [2.24, 2.45) is 0 Å². The summed E-state index contributed by atoms with van der Waals surface area (Å²) >= 11 is 1.14. The van der Waals surface area contributed by atoms with E-state index in [1.807, 2.05) is 0 Å². The van der Waals surface area contributed by atoms with Gasteiger partial charge in [0.15, 0.2) is 0 Å². The molecule has 176 valence electrons. The van der Waals surface area contributed by atoms with E-state index in [1.165, 1.54) is 26.2 Å². The van der Waals surface area contributed by atoms with Crippen LogP contribution in [-0.4, -0.2) is 45.2 Å². The summed E-state index contributed by atoms with van der Waals surface area (Å²) in [7, 11) is -0.537. The Bertz CT molecular complexity index is 1370. The zero-order valence-corrected chi connectivity index (χ0v) is 20.1.